The van der Waals surface area contributed by atoms with Crippen LogP contribution in [0.15, 0.2) is 0 Å². The highest BCUT2D eigenvalue weighted by Gasteiger charge is 2.20. The second kappa shape index (κ2) is 3.72. The average molecular weight is 156 g/mol. The molecule has 0 N–H and O–H groups in total. The van der Waals surface area contributed by atoms with Crippen LogP contribution in [-0.4, -0.2) is 42.0 Å². The first-order valence-electron chi connectivity index (χ1n) is 4.28. The van der Waals surface area contributed by atoms with Crippen LogP contribution in [0, 0.1) is 0 Å². The van der Waals surface area contributed by atoms with Gasteiger partial charge in [-0.05, 0) is 13.5 Å². The van der Waals surface area contributed by atoms with Gasteiger partial charge in [-0.1, -0.05) is 6.92 Å². The van der Waals surface area contributed by atoms with Crippen LogP contribution in [0.4, 0.5) is 0 Å². The van der Waals surface area contributed by atoms with E-state index in [1.54, 1.807) is 0 Å². The van der Waals surface area contributed by atoms with Gasteiger partial charge in [-0.25, -0.2) is 0 Å². The van der Waals surface area contributed by atoms with E-state index in [1.807, 2.05) is 11.8 Å². The average Bonchev–Trinajstić information content (AvgIpc) is 2.05. The van der Waals surface area contributed by atoms with Gasteiger partial charge in [-0.3, -0.25) is 9.69 Å². The molecule has 11 heavy (non-hydrogen) atoms. The van der Waals surface area contributed by atoms with Gasteiger partial charge in [0.1, 0.15) is 0 Å². The highest BCUT2D eigenvalue weighted by atomic mass is 16.2. The first kappa shape index (κ1) is 8.53. The number of hydrogen-bond donors (Lipinski definition) is 0. The van der Waals surface area contributed by atoms with Crippen molar-refractivity contribution in [2.75, 3.05) is 26.3 Å². The predicted octanol–water partition coefficient (Wildman–Crippen LogP) is 0.518. The van der Waals surface area contributed by atoms with Crippen molar-refractivity contribution < 1.29 is 4.79 Å². The van der Waals surface area contributed by atoms with E-state index in [2.05, 4.69) is 11.8 Å². The van der Waals surface area contributed by atoms with E-state index in [0.29, 0.717) is 12.3 Å². The highest BCUT2D eigenvalue weighted by molar-refractivity contribution is 5.76. The summed E-state index contributed by atoms with van der Waals surface area (Å²) in [6.45, 7) is 7.80. The molecule has 1 saturated heterocycles. The lowest BCUT2D eigenvalue weighted by Gasteiger charge is -2.33. The largest absolute Gasteiger partial charge is 0.330 e. The minimum absolute atomic E-state index is 0.303. The van der Waals surface area contributed by atoms with E-state index in [1.165, 1.54) is 0 Å². The molecule has 0 spiro atoms. The Hall–Kier alpha value is -0.570. The van der Waals surface area contributed by atoms with E-state index >= 15 is 0 Å². The molecule has 1 aliphatic heterocycles. The topological polar surface area (TPSA) is 23.6 Å². The van der Waals surface area contributed by atoms with Gasteiger partial charge in [-0.2, -0.15) is 0 Å². The Balaban J connectivity index is 2.44. The number of carbonyl (C=O) groups excluding carboxylic acids is 1. The van der Waals surface area contributed by atoms with Crippen LogP contribution in [0.25, 0.3) is 0 Å². The van der Waals surface area contributed by atoms with Crippen LogP contribution >= 0.6 is 0 Å². The number of amides is 1. The standard InChI is InChI=1S/C8H16N2O/c1-3-9-6-5-8(11)10(4-2)7-9/h3-7H2,1-2H3. The maximum Gasteiger partial charge on any atom is 0.224 e. The summed E-state index contributed by atoms with van der Waals surface area (Å²) in [7, 11) is 0. The Morgan fingerprint density at radius 1 is 1.36 bits per heavy atom. The van der Waals surface area contributed by atoms with Gasteiger partial charge in [0.2, 0.25) is 5.91 Å². The molecule has 0 radical (unpaired) electrons. The summed E-state index contributed by atoms with van der Waals surface area (Å²) < 4.78 is 0. The van der Waals surface area contributed by atoms with Crippen LogP contribution in [0.1, 0.15) is 20.3 Å². The van der Waals surface area contributed by atoms with E-state index in [0.717, 1.165) is 26.3 Å². The number of carbonyl (C=O) groups is 1. The summed E-state index contributed by atoms with van der Waals surface area (Å²) in [6, 6.07) is 0. The molecule has 0 bridgehead atoms. The van der Waals surface area contributed by atoms with E-state index in [4.69, 9.17) is 0 Å². The lowest BCUT2D eigenvalue weighted by atomic mass is 10.3. The fourth-order valence-corrected chi connectivity index (χ4v) is 1.34. The number of nitrogens with zero attached hydrogens (tertiary/aromatic N) is 2. The molecule has 0 saturated carbocycles. The van der Waals surface area contributed by atoms with Gasteiger partial charge in [-0.15, -0.1) is 0 Å². The minimum atomic E-state index is 0.303. The molecule has 3 heteroatoms. The smallest absolute Gasteiger partial charge is 0.224 e. The number of hydrogen-bond acceptors (Lipinski definition) is 2. The summed E-state index contributed by atoms with van der Waals surface area (Å²) >= 11 is 0. The summed E-state index contributed by atoms with van der Waals surface area (Å²) in [4.78, 5) is 15.4. The zero-order chi connectivity index (χ0) is 8.27. The number of rotatable bonds is 2. The van der Waals surface area contributed by atoms with Crippen molar-refractivity contribution in [3.8, 4) is 0 Å². The van der Waals surface area contributed by atoms with Gasteiger partial charge in [0.15, 0.2) is 0 Å². The minimum Gasteiger partial charge on any atom is -0.330 e. The Kier molecular flexibility index (Phi) is 2.88. The van der Waals surface area contributed by atoms with Gasteiger partial charge >= 0.3 is 0 Å². The fourth-order valence-electron chi connectivity index (χ4n) is 1.34. The second-order valence-corrected chi connectivity index (χ2v) is 2.85. The molecule has 0 aliphatic carbocycles. The van der Waals surface area contributed by atoms with Crippen molar-refractivity contribution in [1.29, 1.82) is 0 Å². The molecule has 0 aromatic rings. The monoisotopic (exact) mass is 156 g/mol. The SMILES string of the molecule is CCN1CCC(=O)N(CC)C1. The molecule has 64 valence electrons. The van der Waals surface area contributed by atoms with Gasteiger partial charge < -0.3 is 4.90 Å². The molecular weight excluding hydrogens is 140 g/mol. The highest BCUT2D eigenvalue weighted by Crippen LogP contribution is 2.05. The predicted molar refractivity (Wildman–Crippen MR) is 44.1 cm³/mol. The summed E-state index contributed by atoms with van der Waals surface area (Å²) in [6.07, 6.45) is 0.696. The zero-order valence-corrected chi connectivity index (χ0v) is 7.34. The van der Waals surface area contributed by atoms with E-state index in [9.17, 15) is 4.79 Å². The Bertz CT molecular complexity index is 147. The second-order valence-electron chi connectivity index (χ2n) is 2.85. The summed E-state index contributed by atoms with van der Waals surface area (Å²) in [5.41, 5.74) is 0. The van der Waals surface area contributed by atoms with Crippen molar-refractivity contribution in [1.82, 2.24) is 9.80 Å². The third-order valence-electron chi connectivity index (χ3n) is 2.19. The molecule has 1 fully saturated rings. The van der Waals surface area contributed by atoms with Crippen molar-refractivity contribution in [3.05, 3.63) is 0 Å². The Morgan fingerprint density at radius 3 is 2.64 bits per heavy atom. The molecule has 0 aromatic heterocycles. The lowest BCUT2D eigenvalue weighted by Crippen LogP contribution is -2.47. The molecular formula is C8H16N2O. The molecule has 0 unspecified atom stereocenters. The van der Waals surface area contributed by atoms with Crippen LogP contribution < -0.4 is 0 Å². The van der Waals surface area contributed by atoms with Crippen molar-refractivity contribution >= 4 is 5.91 Å². The third-order valence-corrected chi connectivity index (χ3v) is 2.19. The molecule has 1 heterocycles. The normalized spacial score (nSPS) is 20.9. The quantitative estimate of drug-likeness (QED) is 0.582. The third kappa shape index (κ3) is 1.93. The molecule has 0 aromatic carbocycles. The van der Waals surface area contributed by atoms with Gasteiger partial charge in [0.05, 0.1) is 6.67 Å². The van der Waals surface area contributed by atoms with Gasteiger partial charge in [0, 0.05) is 19.5 Å². The van der Waals surface area contributed by atoms with E-state index < -0.39 is 0 Å². The molecule has 1 amide bonds. The van der Waals surface area contributed by atoms with E-state index in [-0.39, 0.29) is 0 Å². The van der Waals surface area contributed by atoms with Crippen LogP contribution in [0.5, 0.6) is 0 Å². The fraction of sp³-hybridized carbons (Fsp3) is 0.875. The lowest BCUT2D eigenvalue weighted by molar-refractivity contribution is -0.137. The zero-order valence-electron chi connectivity index (χ0n) is 7.34. The van der Waals surface area contributed by atoms with Crippen LogP contribution in [0.2, 0.25) is 0 Å². The first-order valence-corrected chi connectivity index (χ1v) is 4.28. The molecule has 3 nitrogen and oxygen atoms in total. The maximum absolute atomic E-state index is 11.2. The van der Waals surface area contributed by atoms with Crippen molar-refractivity contribution in [2.45, 2.75) is 20.3 Å². The van der Waals surface area contributed by atoms with Crippen molar-refractivity contribution in [2.24, 2.45) is 0 Å². The Labute approximate surface area is 68.0 Å². The summed E-state index contributed by atoms with van der Waals surface area (Å²) in [5, 5.41) is 0. The maximum atomic E-state index is 11.2. The van der Waals surface area contributed by atoms with Crippen LogP contribution in [-0.2, 0) is 4.79 Å². The first-order chi connectivity index (χ1) is 5.27. The molecule has 1 aliphatic rings. The molecule has 0 atom stereocenters. The van der Waals surface area contributed by atoms with Gasteiger partial charge in [0.25, 0.3) is 0 Å². The Morgan fingerprint density at radius 2 is 2.09 bits per heavy atom. The van der Waals surface area contributed by atoms with Crippen LogP contribution in [0.3, 0.4) is 0 Å². The molecule has 1 rings (SSSR count). The van der Waals surface area contributed by atoms with Crippen molar-refractivity contribution in [3.63, 3.8) is 0 Å². The summed E-state index contributed by atoms with van der Waals surface area (Å²) in [5.74, 6) is 0.303.